The molecule has 1 aliphatic carbocycles. The molecule has 142 valence electrons. The molecule has 1 aromatic carbocycles. The predicted molar refractivity (Wildman–Crippen MR) is 101 cm³/mol. The molecule has 1 saturated heterocycles. The summed E-state index contributed by atoms with van der Waals surface area (Å²) in [5.74, 6) is 1.95. The maximum absolute atomic E-state index is 12.2. The standard InChI is InChI=1S/C20H24N4O3/c1-26-18-7-10-21-19(23-18)24-11-8-20(9-12-24)13-16(20)22-17(25)14-27-15-5-3-2-4-6-15/h2-7,10,16H,8-9,11-14H2,1H3,(H,22,25). The maximum atomic E-state index is 12.2. The highest BCUT2D eigenvalue weighted by Gasteiger charge is 2.55. The van der Waals surface area contributed by atoms with Gasteiger partial charge in [0.2, 0.25) is 11.8 Å². The summed E-state index contributed by atoms with van der Waals surface area (Å²) in [7, 11) is 1.61. The minimum atomic E-state index is -0.0562. The fourth-order valence-electron chi connectivity index (χ4n) is 3.76. The van der Waals surface area contributed by atoms with Crippen LogP contribution in [0.4, 0.5) is 5.95 Å². The third kappa shape index (κ3) is 3.97. The van der Waals surface area contributed by atoms with Crippen LogP contribution in [0.2, 0.25) is 0 Å². The van der Waals surface area contributed by atoms with Gasteiger partial charge in [-0.05, 0) is 36.8 Å². The monoisotopic (exact) mass is 368 g/mol. The van der Waals surface area contributed by atoms with Gasteiger partial charge in [-0.15, -0.1) is 0 Å². The summed E-state index contributed by atoms with van der Waals surface area (Å²) in [6.45, 7) is 1.83. The zero-order chi connectivity index (χ0) is 18.7. The van der Waals surface area contributed by atoms with Crippen LogP contribution in [0, 0.1) is 5.41 Å². The SMILES string of the molecule is COc1ccnc(N2CCC3(CC2)CC3NC(=O)COc2ccccc2)n1. The summed E-state index contributed by atoms with van der Waals surface area (Å²) in [6, 6.07) is 11.4. The fourth-order valence-corrected chi connectivity index (χ4v) is 3.76. The van der Waals surface area contributed by atoms with E-state index in [-0.39, 0.29) is 24.0 Å². The molecule has 2 aromatic rings. The predicted octanol–water partition coefficient (Wildman–Crippen LogP) is 2.04. The minimum Gasteiger partial charge on any atom is -0.484 e. The van der Waals surface area contributed by atoms with Crippen LogP contribution in [-0.4, -0.2) is 48.7 Å². The number of carbonyl (C=O) groups excluding carboxylic acids is 1. The molecule has 7 heteroatoms. The molecule has 2 aliphatic rings. The summed E-state index contributed by atoms with van der Waals surface area (Å²) >= 11 is 0. The highest BCUT2D eigenvalue weighted by molar-refractivity contribution is 5.78. The lowest BCUT2D eigenvalue weighted by Gasteiger charge is -2.32. The normalized spacial score (nSPS) is 20.2. The quantitative estimate of drug-likeness (QED) is 0.841. The summed E-state index contributed by atoms with van der Waals surface area (Å²) in [5, 5.41) is 3.12. The van der Waals surface area contributed by atoms with Gasteiger partial charge in [0.15, 0.2) is 6.61 Å². The molecule has 1 aromatic heterocycles. The highest BCUT2D eigenvalue weighted by Crippen LogP contribution is 2.54. The summed E-state index contributed by atoms with van der Waals surface area (Å²) in [5.41, 5.74) is 0.220. The number of methoxy groups -OCH3 is 1. The number of benzene rings is 1. The number of nitrogens with zero attached hydrogens (tertiary/aromatic N) is 3. The van der Waals surface area contributed by atoms with Crippen LogP contribution < -0.4 is 19.7 Å². The molecule has 1 amide bonds. The molecule has 1 saturated carbocycles. The molecule has 1 atom stereocenters. The van der Waals surface area contributed by atoms with E-state index in [0.717, 1.165) is 32.4 Å². The van der Waals surface area contributed by atoms with Crippen molar-refractivity contribution in [2.24, 2.45) is 5.41 Å². The molecule has 2 heterocycles. The van der Waals surface area contributed by atoms with Gasteiger partial charge in [-0.2, -0.15) is 4.98 Å². The van der Waals surface area contributed by atoms with Crippen LogP contribution >= 0.6 is 0 Å². The van der Waals surface area contributed by atoms with E-state index in [4.69, 9.17) is 9.47 Å². The van der Waals surface area contributed by atoms with Gasteiger partial charge in [-0.25, -0.2) is 4.98 Å². The second-order valence-corrected chi connectivity index (χ2v) is 7.17. The molecule has 4 rings (SSSR count). The Kier molecular flexibility index (Phi) is 4.83. The number of hydrogen-bond donors (Lipinski definition) is 1. The first kappa shape index (κ1) is 17.6. The maximum Gasteiger partial charge on any atom is 0.258 e. The second-order valence-electron chi connectivity index (χ2n) is 7.17. The first-order valence-electron chi connectivity index (χ1n) is 9.28. The van der Waals surface area contributed by atoms with Crippen molar-refractivity contribution < 1.29 is 14.3 Å². The summed E-state index contributed by atoms with van der Waals surface area (Å²) < 4.78 is 10.7. The zero-order valence-electron chi connectivity index (χ0n) is 15.4. The molecule has 7 nitrogen and oxygen atoms in total. The molecule has 1 N–H and O–H groups in total. The van der Waals surface area contributed by atoms with E-state index >= 15 is 0 Å². The average Bonchev–Trinajstić information content (AvgIpc) is 3.38. The lowest BCUT2D eigenvalue weighted by atomic mass is 9.93. The number of ether oxygens (including phenoxy) is 2. The van der Waals surface area contributed by atoms with Crippen molar-refractivity contribution in [3.05, 3.63) is 42.6 Å². The smallest absolute Gasteiger partial charge is 0.258 e. The van der Waals surface area contributed by atoms with Gasteiger partial charge in [-0.3, -0.25) is 4.79 Å². The Bertz CT molecular complexity index is 791. The van der Waals surface area contributed by atoms with Crippen LogP contribution in [0.15, 0.2) is 42.6 Å². The van der Waals surface area contributed by atoms with Crippen molar-refractivity contribution in [1.82, 2.24) is 15.3 Å². The Hall–Kier alpha value is -2.83. The Morgan fingerprint density at radius 1 is 1.26 bits per heavy atom. The van der Waals surface area contributed by atoms with E-state index in [9.17, 15) is 4.79 Å². The zero-order valence-corrected chi connectivity index (χ0v) is 15.4. The Morgan fingerprint density at radius 2 is 2.04 bits per heavy atom. The van der Waals surface area contributed by atoms with Crippen molar-refractivity contribution in [2.75, 3.05) is 31.7 Å². The Labute approximate surface area is 158 Å². The first-order valence-corrected chi connectivity index (χ1v) is 9.28. The van der Waals surface area contributed by atoms with Gasteiger partial charge in [0.1, 0.15) is 5.75 Å². The van der Waals surface area contributed by atoms with Crippen LogP contribution in [-0.2, 0) is 4.79 Å². The summed E-state index contributed by atoms with van der Waals surface area (Å²) in [6.07, 6.45) is 4.81. The summed E-state index contributed by atoms with van der Waals surface area (Å²) in [4.78, 5) is 23.1. The molecule has 2 fully saturated rings. The van der Waals surface area contributed by atoms with Gasteiger partial charge in [-0.1, -0.05) is 18.2 Å². The van der Waals surface area contributed by atoms with Crippen LogP contribution in [0.3, 0.4) is 0 Å². The van der Waals surface area contributed by atoms with E-state index in [2.05, 4.69) is 20.2 Å². The first-order chi connectivity index (χ1) is 13.2. The van der Waals surface area contributed by atoms with Crippen molar-refractivity contribution in [3.8, 4) is 11.6 Å². The number of para-hydroxylation sites is 1. The lowest BCUT2D eigenvalue weighted by Crippen LogP contribution is -2.40. The minimum absolute atomic E-state index is 0.0559. The average molecular weight is 368 g/mol. The number of anilines is 1. The molecule has 1 aliphatic heterocycles. The largest absolute Gasteiger partial charge is 0.484 e. The van der Waals surface area contributed by atoms with Crippen molar-refractivity contribution in [3.63, 3.8) is 0 Å². The van der Waals surface area contributed by atoms with Crippen LogP contribution in [0.25, 0.3) is 0 Å². The number of aromatic nitrogens is 2. The third-order valence-electron chi connectivity index (χ3n) is 5.51. The Balaban J connectivity index is 1.24. The van der Waals surface area contributed by atoms with Gasteiger partial charge < -0.3 is 19.7 Å². The van der Waals surface area contributed by atoms with Gasteiger partial charge in [0.05, 0.1) is 7.11 Å². The third-order valence-corrected chi connectivity index (χ3v) is 5.51. The number of nitrogens with one attached hydrogen (secondary N) is 1. The van der Waals surface area contributed by atoms with Crippen LogP contribution in [0.5, 0.6) is 11.6 Å². The van der Waals surface area contributed by atoms with E-state index in [1.165, 1.54) is 0 Å². The highest BCUT2D eigenvalue weighted by atomic mass is 16.5. The fraction of sp³-hybridized carbons (Fsp3) is 0.450. The molecule has 27 heavy (non-hydrogen) atoms. The lowest BCUT2D eigenvalue weighted by molar-refractivity contribution is -0.123. The molecular formula is C20H24N4O3. The molecule has 1 unspecified atom stereocenters. The molecular weight excluding hydrogens is 344 g/mol. The van der Waals surface area contributed by atoms with E-state index < -0.39 is 0 Å². The Morgan fingerprint density at radius 3 is 2.78 bits per heavy atom. The number of amides is 1. The van der Waals surface area contributed by atoms with E-state index in [1.807, 2.05) is 30.3 Å². The van der Waals surface area contributed by atoms with Gasteiger partial charge >= 0.3 is 0 Å². The number of carbonyl (C=O) groups is 1. The topological polar surface area (TPSA) is 76.6 Å². The van der Waals surface area contributed by atoms with Gasteiger partial charge in [0.25, 0.3) is 5.91 Å². The molecule has 1 spiro atoms. The van der Waals surface area contributed by atoms with Crippen molar-refractivity contribution in [2.45, 2.75) is 25.3 Å². The van der Waals surface area contributed by atoms with Crippen molar-refractivity contribution >= 4 is 11.9 Å². The van der Waals surface area contributed by atoms with Crippen LogP contribution in [0.1, 0.15) is 19.3 Å². The number of rotatable bonds is 6. The van der Waals surface area contributed by atoms with Crippen molar-refractivity contribution in [1.29, 1.82) is 0 Å². The van der Waals surface area contributed by atoms with E-state index in [1.54, 1.807) is 19.4 Å². The van der Waals surface area contributed by atoms with E-state index in [0.29, 0.717) is 17.6 Å². The molecule has 0 bridgehead atoms. The molecule has 0 radical (unpaired) electrons. The second kappa shape index (κ2) is 7.42. The number of hydrogen-bond acceptors (Lipinski definition) is 6. The number of piperidine rings is 1. The van der Waals surface area contributed by atoms with Gasteiger partial charge in [0, 0.05) is 31.4 Å².